The quantitative estimate of drug-likeness (QED) is 0.279. The van der Waals surface area contributed by atoms with Crippen LogP contribution < -0.4 is 23.7 Å². The normalized spacial score (nSPS) is 14.4. The minimum absolute atomic E-state index is 0.0496. The molecule has 1 aromatic heterocycles. The number of thiophene rings is 1. The zero-order chi connectivity index (χ0) is 26.2. The first-order chi connectivity index (χ1) is 17.8. The van der Waals surface area contributed by atoms with E-state index in [0.717, 1.165) is 11.3 Å². The Bertz CT molecular complexity index is 1540. The van der Waals surface area contributed by atoms with Crippen molar-refractivity contribution in [1.82, 2.24) is 0 Å². The summed E-state index contributed by atoms with van der Waals surface area (Å²) in [5, 5.41) is 1.67. The molecule has 7 nitrogen and oxygen atoms in total. The molecule has 0 fully saturated rings. The molecule has 0 spiro atoms. The Hall–Kier alpha value is -3.83. The lowest BCUT2D eigenvalue weighted by Gasteiger charge is -2.31. The van der Waals surface area contributed by atoms with Gasteiger partial charge in [-0.05, 0) is 53.4 Å². The second-order valence-corrected chi connectivity index (χ2v) is 10.8. The van der Waals surface area contributed by atoms with Gasteiger partial charge in [0.05, 0.1) is 19.8 Å². The summed E-state index contributed by atoms with van der Waals surface area (Å²) in [6.07, 6.45) is -0.713. The van der Waals surface area contributed by atoms with E-state index in [-0.39, 0.29) is 15.6 Å². The van der Waals surface area contributed by atoms with Gasteiger partial charge in [-0.25, -0.2) is 8.42 Å². The molecule has 0 bridgehead atoms. The lowest BCUT2D eigenvalue weighted by atomic mass is 9.88. The third-order valence-corrected chi connectivity index (χ3v) is 8.55. The largest absolute Gasteiger partial charge is 0.493 e. The molecular weight excluding hydrogens is 524 g/mol. The number of sulfonamides is 1. The first kappa shape index (κ1) is 24.8. The fraction of sp³-hybridized carbons (Fsp3) is 0.154. The van der Waals surface area contributed by atoms with Gasteiger partial charge in [0.15, 0.2) is 11.5 Å². The maximum absolute atomic E-state index is 13.2. The number of ether oxygens (including phenoxy) is 4. The molecule has 0 aliphatic carbocycles. The van der Waals surface area contributed by atoms with Crippen molar-refractivity contribution < 1.29 is 36.1 Å². The van der Waals surface area contributed by atoms with E-state index in [9.17, 15) is 17.2 Å². The van der Waals surface area contributed by atoms with E-state index in [2.05, 4.69) is 4.72 Å². The van der Waals surface area contributed by atoms with E-state index >= 15 is 0 Å². The highest BCUT2D eigenvalue weighted by Gasteiger charge is 2.32. The maximum atomic E-state index is 13.2. The second kappa shape index (κ2) is 9.91. The molecule has 37 heavy (non-hydrogen) atoms. The topological polar surface area (TPSA) is 83.1 Å². The van der Waals surface area contributed by atoms with Crippen molar-refractivity contribution in [2.24, 2.45) is 0 Å². The van der Waals surface area contributed by atoms with E-state index in [1.54, 1.807) is 60.0 Å². The van der Waals surface area contributed by atoms with Gasteiger partial charge >= 0.3 is 6.61 Å². The molecular formula is C26H21F2NO6S2. The summed E-state index contributed by atoms with van der Waals surface area (Å²) < 4.78 is 76.7. The number of halogens is 2. The smallest absolute Gasteiger partial charge is 0.387 e. The van der Waals surface area contributed by atoms with E-state index in [1.165, 1.54) is 26.4 Å². The van der Waals surface area contributed by atoms with E-state index in [4.69, 9.17) is 18.9 Å². The van der Waals surface area contributed by atoms with Crippen LogP contribution in [0.2, 0.25) is 0 Å². The van der Waals surface area contributed by atoms with Crippen molar-refractivity contribution in [2.45, 2.75) is 16.9 Å². The van der Waals surface area contributed by atoms with Crippen LogP contribution in [0.15, 0.2) is 76.3 Å². The Labute approximate surface area is 216 Å². The van der Waals surface area contributed by atoms with Crippen LogP contribution >= 0.6 is 11.3 Å². The molecule has 1 unspecified atom stereocenters. The average Bonchev–Trinajstić information content (AvgIpc) is 3.43. The van der Waals surface area contributed by atoms with Gasteiger partial charge in [0, 0.05) is 16.8 Å². The number of nitrogens with one attached hydrogen (secondary N) is 1. The van der Waals surface area contributed by atoms with Crippen LogP contribution in [0.5, 0.6) is 23.0 Å². The molecule has 0 radical (unpaired) electrons. The Balaban J connectivity index is 1.65. The van der Waals surface area contributed by atoms with Crippen LogP contribution in [0.3, 0.4) is 0 Å². The van der Waals surface area contributed by atoms with Crippen molar-refractivity contribution in [1.29, 1.82) is 0 Å². The first-order valence-corrected chi connectivity index (χ1v) is 13.3. The SMILES string of the molecule is COc1ccc(C2Oc3cccc(OC(F)F)c3-c3ccc(NS(=O)(=O)c4cccs4)cc32)cc1OC. The van der Waals surface area contributed by atoms with Crippen LogP contribution in [0.1, 0.15) is 17.2 Å². The number of hydrogen-bond acceptors (Lipinski definition) is 7. The third kappa shape index (κ3) is 4.79. The van der Waals surface area contributed by atoms with Crippen LogP contribution in [0.25, 0.3) is 11.1 Å². The predicted molar refractivity (Wildman–Crippen MR) is 136 cm³/mol. The minimum Gasteiger partial charge on any atom is -0.493 e. The zero-order valence-electron chi connectivity index (χ0n) is 19.6. The first-order valence-electron chi connectivity index (χ1n) is 11.0. The Morgan fingerprint density at radius 2 is 1.76 bits per heavy atom. The summed E-state index contributed by atoms with van der Waals surface area (Å²) in [6, 6.07) is 18.0. The zero-order valence-corrected chi connectivity index (χ0v) is 21.2. The van der Waals surface area contributed by atoms with Gasteiger partial charge in [0.1, 0.15) is 21.8 Å². The summed E-state index contributed by atoms with van der Waals surface area (Å²) in [5.41, 5.74) is 2.44. The summed E-state index contributed by atoms with van der Waals surface area (Å²) in [4.78, 5) is 0. The number of alkyl halides is 2. The van der Waals surface area contributed by atoms with E-state index in [0.29, 0.717) is 39.5 Å². The van der Waals surface area contributed by atoms with Crippen molar-refractivity contribution in [3.05, 3.63) is 83.2 Å². The van der Waals surface area contributed by atoms with Gasteiger partial charge in [-0.1, -0.05) is 24.3 Å². The summed E-state index contributed by atoms with van der Waals surface area (Å²) in [6.45, 7) is -3.03. The molecule has 3 aromatic carbocycles. The third-order valence-electron chi connectivity index (χ3n) is 5.77. The summed E-state index contributed by atoms with van der Waals surface area (Å²) in [7, 11) is -0.779. The molecule has 5 rings (SSSR count). The Kier molecular flexibility index (Phi) is 6.65. The van der Waals surface area contributed by atoms with Crippen LogP contribution in [0, 0.1) is 0 Å². The van der Waals surface area contributed by atoms with Crippen LogP contribution in [-0.2, 0) is 10.0 Å². The number of anilines is 1. The minimum atomic E-state index is -3.82. The molecule has 4 aromatic rings. The average molecular weight is 546 g/mol. The summed E-state index contributed by atoms with van der Waals surface area (Å²) >= 11 is 1.09. The standard InChI is InChI=1S/C26H21F2NO6S2/c1-32-19-11-8-15(13-22(19)33-2)25-18-14-16(29-37(30,31)23-7-4-12-36-23)9-10-17(18)24-20(34-25)5-3-6-21(24)35-26(27)28/h3-14,25-26,29H,1-2H3. The number of methoxy groups -OCH3 is 2. The fourth-order valence-electron chi connectivity index (χ4n) is 4.22. The number of benzene rings is 3. The Morgan fingerprint density at radius 3 is 2.46 bits per heavy atom. The van der Waals surface area contributed by atoms with Gasteiger partial charge in [-0.15, -0.1) is 11.3 Å². The highest BCUT2D eigenvalue weighted by Crippen LogP contribution is 2.50. The second-order valence-electron chi connectivity index (χ2n) is 7.96. The van der Waals surface area contributed by atoms with Gasteiger partial charge in [-0.2, -0.15) is 8.78 Å². The molecule has 1 N–H and O–H groups in total. The van der Waals surface area contributed by atoms with Crippen molar-refractivity contribution in [3.8, 4) is 34.1 Å². The van der Waals surface area contributed by atoms with E-state index in [1.807, 2.05) is 0 Å². The molecule has 0 saturated heterocycles. The van der Waals surface area contributed by atoms with E-state index < -0.39 is 22.7 Å². The summed E-state index contributed by atoms with van der Waals surface area (Å²) in [5.74, 6) is 1.29. The highest BCUT2D eigenvalue weighted by molar-refractivity contribution is 7.94. The van der Waals surface area contributed by atoms with Gasteiger partial charge in [0.25, 0.3) is 10.0 Å². The van der Waals surface area contributed by atoms with Crippen molar-refractivity contribution in [3.63, 3.8) is 0 Å². The molecule has 1 aliphatic heterocycles. The molecule has 1 aliphatic rings. The number of fused-ring (bicyclic) bond motifs is 3. The molecule has 2 heterocycles. The maximum Gasteiger partial charge on any atom is 0.387 e. The predicted octanol–water partition coefficient (Wildman–Crippen LogP) is 6.32. The molecule has 192 valence electrons. The van der Waals surface area contributed by atoms with Gasteiger partial charge in [0.2, 0.25) is 0 Å². The van der Waals surface area contributed by atoms with Crippen molar-refractivity contribution >= 4 is 27.0 Å². The van der Waals surface area contributed by atoms with Gasteiger partial charge < -0.3 is 18.9 Å². The lowest BCUT2D eigenvalue weighted by molar-refractivity contribution is -0.0496. The molecule has 0 saturated carbocycles. The fourth-order valence-corrected chi connectivity index (χ4v) is 6.26. The van der Waals surface area contributed by atoms with Crippen LogP contribution in [-0.4, -0.2) is 29.2 Å². The monoisotopic (exact) mass is 545 g/mol. The highest BCUT2D eigenvalue weighted by atomic mass is 32.2. The number of hydrogen-bond donors (Lipinski definition) is 1. The molecule has 0 amide bonds. The lowest BCUT2D eigenvalue weighted by Crippen LogP contribution is -2.18. The molecule has 11 heteroatoms. The van der Waals surface area contributed by atoms with Crippen LogP contribution in [0.4, 0.5) is 14.5 Å². The van der Waals surface area contributed by atoms with Gasteiger partial charge in [-0.3, -0.25) is 4.72 Å². The number of rotatable bonds is 8. The Morgan fingerprint density at radius 1 is 0.946 bits per heavy atom. The van der Waals surface area contributed by atoms with Crippen molar-refractivity contribution in [2.75, 3.05) is 18.9 Å². The molecule has 1 atom stereocenters.